The second-order valence-corrected chi connectivity index (χ2v) is 14.5. The minimum Gasteiger partial charge on any atom is -0.381 e. The van der Waals surface area contributed by atoms with E-state index in [2.05, 4.69) is 77.3 Å². The Morgan fingerprint density at radius 3 is 2.05 bits per heavy atom. The number of carbonyl (C=O) groups excluding carboxylic acids is 4. The van der Waals surface area contributed by atoms with E-state index in [1.807, 2.05) is 6.07 Å². The standard InChI is InChI=1S/C34H42N6O4/c1-33(2)20-34(3,4)32(33)35-21-5-7-22(8-6-21)37-13-15-38(16-14-37)24-18-39(19-24)23-9-10-25-26(17-23)31(44)40(30(25)43)27-11-12-28(41)36-29(27)42/h5-10,17,24,27,32,35H,11-16,18-20H2,1-4H3,(H,36,41,42). The van der Waals surface area contributed by atoms with Gasteiger partial charge < -0.3 is 15.1 Å². The molecule has 0 radical (unpaired) electrons. The van der Waals surface area contributed by atoms with E-state index in [1.165, 1.54) is 17.8 Å². The van der Waals surface area contributed by atoms with Crippen LogP contribution in [0.4, 0.5) is 17.1 Å². The van der Waals surface area contributed by atoms with Crippen molar-refractivity contribution in [2.75, 3.05) is 54.4 Å². The van der Waals surface area contributed by atoms with Crippen molar-refractivity contribution >= 4 is 40.7 Å². The summed E-state index contributed by atoms with van der Waals surface area (Å²) >= 11 is 0. The molecule has 1 unspecified atom stereocenters. The zero-order valence-corrected chi connectivity index (χ0v) is 26.1. The van der Waals surface area contributed by atoms with Gasteiger partial charge in [-0.3, -0.25) is 34.3 Å². The van der Waals surface area contributed by atoms with Crippen LogP contribution in [0.1, 0.15) is 67.7 Å². The van der Waals surface area contributed by atoms with Crippen LogP contribution in [0.15, 0.2) is 42.5 Å². The summed E-state index contributed by atoms with van der Waals surface area (Å²) in [5, 5.41) is 6.03. The first kappa shape index (κ1) is 28.8. The first-order chi connectivity index (χ1) is 20.9. The minimum atomic E-state index is -0.947. The fourth-order valence-electron chi connectivity index (χ4n) is 8.53. The number of piperazine rings is 1. The van der Waals surface area contributed by atoms with Crippen LogP contribution in [0.2, 0.25) is 0 Å². The van der Waals surface area contributed by atoms with Crippen molar-refractivity contribution in [1.82, 2.24) is 15.1 Å². The third-order valence-corrected chi connectivity index (χ3v) is 10.5. The number of imide groups is 2. The van der Waals surface area contributed by atoms with Crippen molar-refractivity contribution in [3.05, 3.63) is 53.6 Å². The zero-order chi connectivity index (χ0) is 31.0. The molecule has 2 aromatic carbocycles. The number of hydrogen-bond donors (Lipinski definition) is 2. The molecule has 2 aromatic rings. The minimum absolute atomic E-state index is 0.111. The normalized spacial score (nSPS) is 25.5. The van der Waals surface area contributed by atoms with Gasteiger partial charge in [-0.2, -0.15) is 0 Å². The van der Waals surface area contributed by atoms with Gasteiger partial charge in [0.2, 0.25) is 11.8 Å². The molecule has 0 spiro atoms. The van der Waals surface area contributed by atoms with Crippen LogP contribution < -0.4 is 20.4 Å². The molecule has 44 heavy (non-hydrogen) atoms. The molecule has 10 nitrogen and oxygen atoms in total. The highest BCUT2D eigenvalue weighted by Gasteiger charge is 2.53. The molecule has 5 aliphatic rings. The summed E-state index contributed by atoms with van der Waals surface area (Å²) in [5.41, 5.74) is 4.63. The van der Waals surface area contributed by atoms with Crippen molar-refractivity contribution in [1.29, 1.82) is 0 Å². The molecule has 1 aliphatic carbocycles. The van der Waals surface area contributed by atoms with Gasteiger partial charge in [-0.05, 0) is 66.1 Å². The smallest absolute Gasteiger partial charge is 0.262 e. The molecule has 4 amide bonds. The number of piperidine rings is 1. The SMILES string of the molecule is CC1(C)CC(C)(C)C1Nc1ccc(N2CCN(C3CN(c4ccc5c(c4)C(=O)N(C4CCC(=O)NC4=O)C5=O)C3)CC2)cc1. The first-order valence-corrected chi connectivity index (χ1v) is 15.9. The molecule has 3 saturated heterocycles. The summed E-state index contributed by atoms with van der Waals surface area (Å²) in [7, 11) is 0. The number of nitrogens with one attached hydrogen (secondary N) is 2. The fourth-order valence-corrected chi connectivity index (χ4v) is 8.53. The van der Waals surface area contributed by atoms with E-state index < -0.39 is 23.8 Å². The van der Waals surface area contributed by atoms with Crippen LogP contribution >= 0.6 is 0 Å². The van der Waals surface area contributed by atoms with E-state index in [1.54, 1.807) is 12.1 Å². The van der Waals surface area contributed by atoms with Gasteiger partial charge in [0, 0.05) is 74.8 Å². The highest BCUT2D eigenvalue weighted by atomic mass is 16.2. The number of rotatable bonds is 6. The predicted octanol–water partition coefficient (Wildman–Crippen LogP) is 3.34. The summed E-state index contributed by atoms with van der Waals surface area (Å²) in [4.78, 5) is 58.4. The molecule has 10 heteroatoms. The van der Waals surface area contributed by atoms with Gasteiger partial charge in [0.25, 0.3) is 11.8 Å². The van der Waals surface area contributed by atoms with E-state index >= 15 is 0 Å². The molecule has 232 valence electrons. The van der Waals surface area contributed by atoms with Gasteiger partial charge in [-0.25, -0.2) is 0 Å². The number of carbonyl (C=O) groups is 4. The molecule has 7 rings (SSSR count). The molecule has 4 fully saturated rings. The Morgan fingerprint density at radius 2 is 1.41 bits per heavy atom. The Kier molecular flexibility index (Phi) is 6.77. The van der Waals surface area contributed by atoms with E-state index in [9.17, 15) is 19.2 Å². The van der Waals surface area contributed by atoms with Crippen molar-refractivity contribution in [2.24, 2.45) is 10.8 Å². The Balaban J connectivity index is 0.916. The molecular formula is C34H42N6O4. The number of amides is 4. The van der Waals surface area contributed by atoms with Crippen molar-refractivity contribution < 1.29 is 19.2 Å². The highest BCUT2D eigenvalue weighted by molar-refractivity contribution is 6.23. The van der Waals surface area contributed by atoms with Gasteiger partial charge in [0.05, 0.1) is 11.1 Å². The lowest BCUT2D eigenvalue weighted by atomic mass is 9.52. The molecule has 4 heterocycles. The van der Waals surface area contributed by atoms with Gasteiger partial charge in [-0.1, -0.05) is 27.7 Å². The predicted molar refractivity (Wildman–Crippen MR) is 169 cm³/mol. The van der Waals surface area contributed by atoms with Gasteiger partial charge in [-0.15, -0.1) is 0 Å². The van der Waals surface area contributed by atoms with Crippen molar-refractivity contribution in [3.8, 4) is 0 Å². The maximum absolute atomic E-state index is 13.2. The number of hydrogen-bond acceptors (Lipinski definition) is 8. The van der Waals surface area contributed by atoms with Crippen LogP contribution in [0.25, 0.3) is 0 Å². The largest absolute Gasteiger partial charge is 0.381 e. The lowest BCUT2D eigenvalue weighted by molar-refractivity contribution is -0.136. The quantitative estimate of drug-likeness (QED) is 0.488. The monoisotopic (exact) mass is 598 g/mol. The number of nitrogens with zero attached hydrogens (tertiary/aromatic N) is 4. The van der Waals surface area contributed by atoms with Crippen LogP contribution in [0.5, 0.6) is 0 Å². The van der Waals surface area contributed by atoms with E-state index in [0.29, 0.717) is 34.0 Å². The average Bonchev–Trinajstić information content (AvgIpc) is 3.20. The molecule has 1 atom stereocenters. The fraction of sp³-hybridized carbons (Fsp3) is 0.529. The molecular weight excluding hydrogens is 556 g/mol. The maximum atomic E-state index is 13.2. The van der Waals surface area contributed by atoms with E-state index in [4.69, 9.17) is 0 Å². The Labute approximate surface area is 258 Å². The number of fused-ring (bicyclic) bond motifs is 1. The van der Waals surface area contributed by atoms with Crippen LogP contribution in [-0.4, -0.2) is 90.8 Å². The second-order valence-electron chi connectivity index (χ2n) is 14.5. The number of benzene rings is 2. The van der Waals surface area contributed by atoms with Gasteiger partial charge >= 0.3 is 0 Å². The van der Waals surface area contributed by atoms with Crippen molar-refractivity contribution in [3.63, 3.8) is 0 Å². The van der Waals surface area contributed by atoms with Gasteiger partial charge in [0.15, 0.2) is 0 Å². The van der Waals surface area contributed by atoms with E-state index in [0.717, 1.165) is 49.9 Å². The van der Waals surface area contributed by atoms with Crippen LogP contribution in [0, 0.1) is 10.8 Å². The average molecular weight is 599 g/mol. The molecule has 4 aliphatic heterocycles. The van der Waals surface area contributed by atoms with Crippen molar-refractivity contribution in [2.45, 2.75) is 65.1 Å². The van der Waals surface area contributed by atoms with Crippen LogP contribution in [0.3, 0.4) is 0 Å². The molecule has 2 N–H and O–H groups in total. The highest BCUT2D eigenvalue weighted by Crippen LogP contribution is 2.54. The summed E-state index contributed by atoms with van der Waals surface area (Å²) in [5.74, 6) is -1.90. The third kappa shape index (κ3) is 4.83. The first-order valence-electron chi connectivity index (χ1n) is 15.9. The van der Waals surface area contributed by atoms with Crippen LogP contribution in [-0.2, 0) is 9.59 Å². The lowest BCUT2D eigenvalue weighted by Crippen LogP contribution is -2.63. The summed E-state index contributed by atoms with van der Waals surface area (Å²) in [6, 6.07) is 14.2. The Bertz CT molecular complexity index is 1510. The Morgan fingerprint density at radius 1 is 0.773 bits per heavy atom. The molecule has 0 aromatic heterocycles. The molecule has 0 bridgehead atoms. The second kappa shape index (κ2) is 10.3. The topological polar surface area (TPSA) is 105 Å². The maximum Gasteiger partial charge on any atom is 0.262 e. The number of anilines is 3. The van der Waals surface area contributed by atoms with Gasteiger partial charge in [0.1, 0.15) is 6.04 Å². The summed E-state index contributed by atoms with van der Waals surface area (Å²) in [6.45, 7) is 15.1. The summed E-state index contributed by atoms with van der Waals surface area (Å²) < 4.78 is 0. The molecule has 1 saturated carbocycles. The summed E-state index contributed by atoms with van der Waals surface area (Å²) in [6.07, 6.45) is 1.50. The van der Waals surface area contributed by atoms with E-state index in [-0.39, 0.29) is 18.7 Å². The zero-order valence-electron chi connectivity index (χ0n) is 26.1. The lowest BCUT2D eigenvalue weighted by Gasteiger charge is -2.58. The Hall–Kier alpha value is -3.92. The third-order valence-electron chi connectivity index (χ3n) is 10.5.